The van der Waals surface area contributed by atoms with Crippen molar-refractivity contribution in [3.63, 3.8) is 0 Å². The van der Waals surface area contributed by atoms with E-state index in [1.165, 1.54) is 0 Å². The molecule has 3 N–H and O–H groups in total. The molecule has 7 heteroatoms. The third-order valence-corrected chi connectivity index (χ3v) is 4.45. The summed E-state index contributed by atoms with van der Waals surface area (Å²) in [5, 5.41) is 3.43. The lowest BCUT2D eigenvalue weighted by atomic mass is 10.2. The van der Waals surface area contributed by atoms with Gasteiger partial charge in [-0.25, -0.2) is 0 Å². The molecule has 0 bridgehead atoms. The summed E-state index contributed by atoms with van der Waals surface area (Å²) in [4.78, 5) is 17.1. The number of pyridine rings is 2. The smallest absolute Gasteiger partial charge is 0.343 e. The molecular weight excluding hydrogens is 350 g/mol. The summed E-state index contributed by atoms with van der Waals surface area (Å²) in [6.45, 7) is 10.5. The highest BCUT2D eigenvalue weighted by molar-refractivity contribution is 5.45. The monoisotopic (exact) mass is 382 g/mol. The third kappa shape index (κ3) is 8.01. The Morgan fingerprint density at radius 2 is 1.64 bits per heavy atom. The van der Waals surface area contributed by atoms with E-state index < -0.39 is 0 Å². The van der Waals surface area contributed by atoms with Gasteiger partial charge in [-0.3, -0.25) is 19.8 Å². The second kappa shape index (κ2) is 12.0. The highest BCUT2D eigenvalue weighted by Crippen LogP contribution is 2.13. The summed E-state index contributed by atoms with van der Waals surface area (Å²) in [5.74, 6) is 0. The van der Waals surface area contributed by atoms with Crippen LogP contribution in [-0.4, -0.2) is 60.0 Å². The average Bonchev–Trinajstić information content (AvgIpc) is 2.70. The highest BCUT2D eigenvalue weighted by Gasteiger charge is 2.08. The minimum absolute atomic E-state index is 0.742. The lowest BCUT2D eigenvalue weighted by molar-refractivity contribution is 0.244. The number of aromatic nitrogens is 2. The Kier molecular flexibility index (Phi) is 9.35. The van der Waals surface area contributed by atoms with Crippen LogP contribution in [0.15, 0.2) is 36.7 Å². The summed E-state index contributed by atoms with van der Waals surface area (Å²) in [6.07, 6.45) is 5.73. The van der Waals surface area contributed by atoms with Crippen LogP contribution in [0.25, 0.3) is 4.85 Å². The minimum atomic E-state index is 0.742. The van der Waals surface area contributed by atoms with Gasteiger partial charge in [-0.15, -0.1) is 0 Å². The number of nitrogens with one attached hydrogen (secondary N) is 1. The van der Waals surface area contributed by atoms with Crippen molar-refractivity contribution in [1.29, 1.82) is 0 Å². The zero-order valence-corrected chi connectivity index (χ0v) is 17.0. The third-order valence-electron chi connectivity index (χ3n) is 4.45. The van der Waals surface area contributed by atoms with Crippen LogP contribution < -0.4 is 11.1 Å². The van der Waals surface area contributed by atoms with E-state index in [1.807, 2.05) is 18.3 Å². The molecule has 0 unspecified atom stereocenters. The van der Waals surface area contributed by atoms with Gasteiger partial charge in [0.25, 0.3) is 6.57 Å². The second-order valence-corrected chi connectivity index (χ2v) is 7.07. The first-order valence-electron chi connectivity index (χ1n) is 9.72. The van der Waals surface area contributed by atoms with E-state index in [4.69, 9.17) is 12.3 Å². The predicted molar refractivity (Wildman–Crippen MR) is 116 cm³/mol. The normalized spacial score (nSPS) is 11.0. The maximum absolute atomic E-state index is 5.53. The summed E-state index contributed by atoms with van der Waals surface area (Å²) in [5.41, 5.74) is 9.42. The van der Waals surface area contributed by atoms with Crippen molar-refractivity contribution in [2.45, 2.75) is 25.9 Å². The number of anilines is 1. The van der Waals surface area contributed by atoms with Gasteiger partial charge in [0.05, 0.1) is 17.5 Å². The molecule has 2 rings (SSSR count). The summed E-state index contributed by atoms with van der Waals surface area (Å²) < 4.78 is 0. The molecule has 0 saturated heterocycles. The largest absolute Gasteiger partial charge is 0.385 e. The fourth-order valence-electron chi connectivity index (χ4n) is 2.86. The van der Waals surface area contributed by atoms with Crippen molar-refractivity contribution in [3.8, 4) is 6.57 Å². The SMILES string of the molecule is C#[N+]c1ccnc(CN(C)CCN(C)Cc2cc(NCCCCN)ccn2)c1. The van der Waals surface area contributed by atoms with Gasteiger partial charge in [-0.2, -0.15) is 0 Å². The van der Waals surface area contributed by atoms with E-state index in [0.717, 1.165) is 74.9 Å². The molecule has 2 aromatic heterocycles. The Morgan fingerprint density at radius 3 is 2.29 bits per heavy atom. The van der Waals surface area contributed by atoms with Crippen LogP contribution in [-0.2, 0) is 13.1 Å². The van der Waals surface area contributed by atoms with Crippen LogP contribution in [0.5, 0.6) is 0 Å². The fourth-order valence-corrected chi connectivity index (χ4v) is 2.86. The van der Waals surface area contributed by atoms with Crippen LogP contribution in [0.3, 0.4) is 0 Å². The van der Waals surface area contributed by atoms with Gasteiger partial charge < -0.3 is 11.1 Å². The van der Waals surface area contributed by atoms with Crippen LogP contribution in [0.4, 0.5) is 11.4 Å². The average molecular weight is 383 g/mol. The van der Waals surface area contributed by atoms with Crippen LogP contribution in [0.1, 0.15) is 24.2 Å². The highest BCUT2D eigenvalue weighted by atomic mass is 15.2. The number of nitrogens with two attached hydrogens (primary N) is 1. The Morgan fingerprint density at radius 1 is 1.00 bits per heavy atom. The number of unbranched alkanes of at least 4 members (excludes halogenated alkanes) is 1. The molecule has 0 saturated carbocycles. The van der Waals surface area contributed by atoms with E-state index in [1.54, 1.807) is 12.3 Å². The molecule has 0 aliphatic rings. The summed E-state index contributed by atoms with van der Waals surface area (Å²) >= 11 is 0. The zero-order chi connectivity index (χ0) is 20.2. The second-order valence-electron chi connectivity index (χ2n) is 7.07. The van der Waals surface area contributed by atoms with Crippen molar-refractivity contribution in [1.82, 2.24) is 19.8 Å². The lowest BCUT2D eigenvalue weighted by Gasteiger charge is -2.21. The topological polar surface area (TPSA) is 74.7 Å². The number of likely N-dealkylation sites (N-methyl/N-ethyl adjacent to an activating group) is 2. The molecule has 150 valence electrons. The molecule has 0 aliphatic carbocycles. The molecule has 0 aliphatic heterocycles. The molecule has 2 heterocycles. The van der Waals surface area contributed by atoms with Gasteiger partial charge in [0.2, 0.25) is 0 Å². The molecule has 0 atom stereocenters. The molecule has 0 fully saturated rings. The Hall–Kier alpha value is -2.53. The molecule has 2 aromatic rings. The standard InChI is InChI=1S/C21H32N7/c1-23-18-6-10-25-20(14-18)16-27(2)12-13-28(3)17-21-15-19(7-11-26-21)24-9-5-4-8-22/h1,6-7,10-11,14-15H,4-5,8-9,12-13,16-17,22H2,2-3H3,(H,24,26)/q+1. The van der Waals surface area contributed by atoms with Crippen molar-refractivity contribution in [2.24, 2.45) is 5.73 Å². The Balaban J connectivity index is 1.75. The van der Waals surface area contributed by atoms with E-state index in [0.29, 0.717) is 0 Å². The molecule has 0 aromatic carbocycles. The molecule has 7 nitrogen and oxygen atoms in total. The van der Waals surface area contributed by atoms with Crippen molar-refractivity contribution < 1.29 is 0 Å². The molecule has 0 radical (unpaired) electrons. The molecule has 0 spiro atoms. The predicted octanol–water partition coefficient (Wildman–Crippen LogP) is 2.79. The lowest BCUT2D eigenvalue weighted by Crippen LogP contribution is -2.30. The molecule has 0 amide bonds. The van der Waals surface area contributed by atoms with Crippen LogP contribution in [0, 0.1) is 6.57 Å². The van der Waals surface area contributed by atoms with E-state index >= 15 is 0 Å². The van der Waals surface area contributed by atoms with E-state index in [9.17, 15) is 0 Å². The van der Waals surface area contributed by atoms with Crippen molar-refractivity contribution in [2.75, 3.05) is 45.6 Å². The number of nitrogens with zero attached hydrogens (tertiary/aromatic N) is 5. The first kappa shape index (κ1) is 21.8. The number of hydrogen-bond donors (Lipinski definition) is 2. The number of hydrogen-bond acceptors (Lipinski definition) is 6. The summed E-state index contributed by atoms with van der Waals surface area (Å²) in [6, 6.07) is 7.84. The van der Waals surface area contributed by atoms with Gasteiger partial charge in [0, 0.05) is 56.9 Å². The maximum Gasteiger partial charge on any atom is 0.343 e. The van der Waals surface area contributed by atoms with Gasteiger partial charge in [-0.1, -0.05) is 0 Å². The van der Waals surface area contributed by atoms with E-state index in [-0.39, 0.29) is 0 Å². The maximum atomic E-state index is 5.53. The van der Waals surface area contributed by atoms with E-state index in [2.05, 4.69) is 50.1 Å². The fraction of sp³-hybridized carbons (Fsp3) is 0.476. The van der Waals surface area contributed by atoms with Crippen molar-refractivity contribution in [3.05, 3.63) is 52.9 Å². The minimum Gasteiger partial charge on any atom is -0.385 e. The number of rotatable bonds is 12. The molecule has 28 heavy (non-hydrogen) atoms. The Labute approximate surface area is 168 Å². The van der Waals surface area contributed by atoms with Crippen molar-refractivity contribution >= 4 is 11.4 Å². The first-order chi connectivity index (χ1) is 13.6. The molecular formula is C21H32N7+. The van der Waals surface area contributed by atoms with Gasteiger partial charge >= 0.3 is 5.69 Å². The Bertz CT molecular complexity index is 756. The van der Waals surface area contributed by atoms with Crippen LogP contribution in [0.2, 0.25) is 0 Å². The summed E-state index contributed by atoms with van der Waals surface area (Å²) in [7, 11) is 4.20. The zero-order valence-electron chi connectivity index (χ0n) is 17.0. The first-order valence-corrected chi connectivity index (χ1v) is 9.72. The van der Waals surface area contributed by atoms with Gasteiger partial charge in [0.1, 0.15) is 0 Å². The van der Waals surface area contributed by atoms with Gasteiger partial charge in [-0.05, 0) is 50.5 Å². The van der Waals surface area contributed by atoms with Crippen LogP contribution >= 0.6 is 0 Å². The van der Waals surface area contributed by atoms with Gasteiger partial charge in [0.15, 0.2) is 0 Å². The quantitative estimate of drug-likeness (QED) is 0.550.